The van der Waals surface area contributed by atoms with Gasteiger partial charge < -0.3 is 15.1 Å². The van der Waals surface area contributed by atoms with E-state index in [1.54, 1.807) is 0 Å². The number of nitrogens with two attached hydrogens (primary N) is 1. The third-order valence-corrected chi connectivity index (χ3v) is 2.32. The molecular formula is C11H20N2O. The monoisotopic (exact) mass is 196 g/mol. The molecule has 80 valence electrons. The van der Waals surface area contributed by atoms with Gasteiger partial charge in [0, 0.05) is 19.7 Å². The number of aryl methyl sites for hydroxylation is 1. The Morgan fingerprint density at radius 3 is 2.50 bits per heavy atom. The van der Waals surface area contributed by atoms with E-state index in [4.69, 9.17) is 10.2 Å². The molecule has 1 heterocycles. The number of hydrogen-bond donors (Lipinski definition) is 1. The van der Waals surface area contributed by atoms with Crippen molar-refractivity contribution in [1.82, 2.24) is 0 Å². The van der Waals surface area contributed by atoms with Crippen LogP contribution in [0.15, 0.2) is 16.5 Å². The molecule has 1 aromatic heterocycles. The van der Waals surface area contributed by atoms with Gasteiger partial charge in [0.05, 0.1) is 0 Å². The summed E-state index contributed by atoms with van der Waals surface area (Å²) in [5.41, 5.74) is 5.80. The number of furan rings is 1. The Kier molecular flexibility index (Phi) is 3.21. The quantitative estimate of drug-likeness (QED) is 0.801. The van der Waals surface area contributed by atoms with E-state index in [1.165, 1.54) is 0 Å². The van der Waals surface area contributed by atoms with Gasteiger partial charge in [0.15, 0.2) is 5.88 Å². The predicted octanol–water partition coefficient (Wildman–Crippen LogP) is 2.01. The first-order valence-corrected chi connectivity index (χ1v) is 4.92. The zero-order valence-corrected chi connectivity index (χ0v) is 9.50. The Morgan fingerprint density at radius 1 is 1.43 bits per heavy atom. The number of nitrogens with zero attached hydrogens (tertiary/aromatic N) is 1. The van der Waals surface area contributed by atoms with Crippen LogP contribution >= 0.6 is 0 Å². The lowest BCUT2D eigenvalue weighted by molar-refractivity contribution is 0.374. The van der Waals surface area contributed by atoms with Crippen LogP contribution in [0.3, 0.4) is 0 Å². The molecule has 14 heavy (non-hydrogen) atoms. The van der Waals surface area contributed by atoms with Gasteiger partial charge >= 0.3 is 0 Å². The Morgan fingerprint density at radius 2 is 2.07 bits per heavy atom. The van der Waals surface area contributed by atoms with Gasteiger partial charge in [-0.1, -0.05) is 13.8 Å². The second kappa shape index (κ2) is 4.05. The largest absolute Gasteiger partial charge is 0.446 e. The normalized spacial score (nSPS) is 11.8. The fraction of sp³-hybridized carbons (Fsp3) is 0.636. The van der Waals surface area contributed by atoms with Crippen LogP contribution < -0.4 is 10.6 Å². The van der Waals surface area contributed by atoms with E-state index in [-0.39, 0.29) is 5.41 Å². The van der Waals surface area contributed by atoms with Crippen LogP contribution in [-0.2, 0) is 0 Å². The maximum absolute atomic E-state index is 5.68. The Labute approximate surface area is 85.9 Å². The molecule has 0 atom stereocenters. The van der Waals surface area contributed by atoms with Crippen molar-refractivity contribution < 1.29 is 4.42 Å². The fourth-order valence-electron chi connectivity index (χ4n) is 1.41. The molecule has 0 saturated carbocycles. The number of hydrogen-bond acceptors (Lipinski definition) is 3. The van der Waals surface area contributed by atoms with Crippen molar-refractivity contribution in [3.05, 3.63) is 17.9 Å². The summed E-state index contributed by atoms with van der Waals surface area (Å²) in [6.07, 6.45) is 0. The standard InChI is InChI=1S/C11H20N2O/c1-9-5-6-10(14-9)13(4)8-11(2,3)7-12/h5-6H,7-8,12H2,1-4H3. The van der Waals surface area contributed by atoms with Crippen LogP contribution in [0.2, 0.25) is 0 Å². The van der Waals surface area contributed by atoms with Gasteiger partial charge in [-0.25, -0.2) is 0 Å². The summed E-state index contributed by atoms with van der Waals surface area (Å²) in [5, 5.41) is 0. The van der Waals surface area contributed by atoms with Crippen molar-refractivity contribution in [3.8, 4) is 0 Å². The Balaban J connectivity index is 2.63. The molecule has 0 unspecified atom stereocenters. The molecule has 0 aliphatic heterocycles. The molecule has 1 aromatic rings. The summed E-state index contributed by atoms with van der Waals surface area (Å²) in [5.74, 6) is 1.85. The lowest BCUT2D eigenvalue weighted by Crippen LogP contribution is -2.36. The molecule has 0 spiro atoms. The maximum atomic E-state index is 5.68. The van der Waals surface area contributed by atoms with Gasteiger partial charge in [0.25, 0.3) is 0 Å². The van der Waals surface area contributed by atoms with Crippen molar-refractivity contribution in [2.75, 3.05) is 25.0 Å². The highest BCUT2D eigenvalue weighted by Crippen LogP contribution is 2.21. The van der Waals surface area contributed by atoms with Crippen LogP contribution in [0.1, 0.15) is 19.6 Å². The molecule has 1 rings (SSSR count). The molecule has 0 bridgehead atoms. The summed E-state index contributed by atoms with van der Waals surface area (Å²) in [7, 11) is 2.02. The fourth-order valence-corrected chi connectivity index (χ4v) is 1.41. The molecule has 0 saturated heterocycles. The highest BCUT2D eigenvalue weighted by molar-refractivity contribution is 5.35. The van der Waals surface area contributed by atoms with E-state index >= 15 is 0 Å². The summed E-state index contributed by atoms with van der Waals surface area (Å²) in [4.78, 5) is 2.10. The second-order valence-corrected chi connectivity index (χ2v) is 4.61. The van der Waals surface area contributed by atoms with Crippen LogP contribution in [0.4, 0.5) is 5.88 Å². The van der Waals surface area contributed by atoms with Crippen LogP contribution in [0, 0.1) is 12.3 Å². The van der Waals surface area contributed by atoms with Crippen LogP contribution in [-0.4, -0.2) is 20.1 Å². The van der Waals surface area contributed by atoms with Crippen LogP contribution in [0.5, 0.6) is 0 Å². The van der Waals surface area contributed by atoms with E-state index in [0.717, 1.165) is 18.2 Å². The van der Waals surface area contributed by atoms with Gasteiger partial charge in [0.2, 0.25) is 0 Å². The van der Waals surface area contributed by atoms with Crippen LogP contribution in [0.25, 0.3) is 0 Å². The molecule has 0 aromatic carbocycles. The molecule has 0 amide bonds. The Bertz CT molecular complexity index is 291. The zero-order valence-electron chi connectivity index (χ0n) is 9.50. The van der Waals surface area contributed by atoms with Crippen molar-refractivity contribution in [2.24, 2.45) is 11.1 Å². The number of rotatable bonds is 4. The first-order valence-electron chi connectivity index (χ1n) is 4.92. The second-order valence-electron chi connectivity index (χ2n) is 4.61. The average molecular weight is 196 g/mol. The average Bonchev–Trinajstić information content (AvgIpc) is 2.51. The molecule has 3 heteroatoms. The molecule has 0 aliphatic carbocycles. The summed E-state index contributed by atoms with van der Waals surface area (Å²) in [6, 6.07) is 3.96. The van der Waals surface area contributed by atoms with E-state index in [0.29, 0.717) is 6.54 Å². The first-order chi connectivity index (χ1) is 6.44. The maximum Gasteiger partial charge on any atom is 0.195 e. The summed E-state index contributed by atoms with van der Waals surface area (Å²) >= 11 is 0. The molecule has 3 nitrogen and oxygen atoms in total. The topological polar surface area (TPSA) is 42.4 Å². The van der Waals surface area contributed by atoms with Gasteiger partial charge in [0.1, 0.15) is 5.76 Å². The molecule has 0 radical (unpaired) electrons. The first kappa shape index (κ1) is 11.1. The van der Waals surface area contributed by atoms with Gasteiger partial charge in [-0.05, 0) is 24.9 Å². The van der Waals surface area contributed by atoms with Gasteiger partial charge in [-0.2, -0.15) is 0 Å². The van der Waals surface area contributed by atoms with Gasteiger partial charge in [-0.15, -0.1) is 0 Å². The Hall–Kier alpha value is -0.960. The van der Waals surface area contributed by atoms with Crippen molar-refractivity contribution in [1.29, 1.82) is 0 Å². The number of anilines is 1. The third-order valence-electron chi connectivity index (χ3n) is 2.32. The lowest BCUT2D eigenvalue weighted by Gasteiger charge is -2.28. The third kappa shape index (κ3) is 2.77. The van der Waals surface area contributed by atoms with Crippen molar-refractivity contribution >= 4 is 5.88 Å². The molecular weight excluding hydrogens is 176 g/mol. The van der Waals surface area contributed by atoms with E-state index in [9.17, 15) is 0 Å². The molecule has 0 aliphatic rings. The highest BCUT2D eigenvalue weighted by atomic mass is 16.4. The van der Waals surface area contributed by atoms with E-state index < -0.39 is 0 Å². The molecule has 2 N–H and O–H groups in total. The van der Waals surface area contributed by atoms with Crippen molar-refractivity contribution in [3.63, 3.8) is 0 Å². The zero-order chi connectivity index (χ0) is 10.8. The molecule has 0 fully saturated rings. The minimum absolute atomic E-state index is 0.120. The summed E-state index contributed by atoms with van der Waals surface area (Å²) in [6.45, 7) is 7.83. The predicted molar refractivity (Wildman–Crippen MR) is 59.6 cm³/mol. The van der Waals surface area contributed by atoms with Crippen molar-refractivity contribution in [2.45, 2.75) is 20.8 Å². The lowest BCUT2D eigenvalue weighted by atomic mass is 9.93. The minimum Gasteiger partial charge on any atom is -0.446 e. The minimum atomic E-state index is 0.120. The smallest absolute Gasteiger partial charge is 0.195 e. The SMILES string of the molecule is Cc1ccc(N(C)CC(C)(C)CN)o1. The van der Waals surface area contributed by atoms with Gasteiger partial charge in [-0.3, -0.25) is 0 Å². The highest BCUT2D eigenvalue weighted by Gasteiger charge is 2.19. The van der Waals surface area contributed by atoms with E-state index in [1.807, 2.05) is 26.1 Å². The van der Waals surface area contributed by atoms with E-state index in [2.05, 4.69) is 18.7 Å². The summed E-state index contributed by atoms with van der Waals surface area (Å²) < 4.78 is 5.52.